The molecular formula is C92H105NO17S. The van der Waals surface area contributed by atoms with Crippen LogP contribution in [0.3, 0.4) is 0 Å². The summed E-state index contributed by atoms with van der Waals surface area (Å²) in [4.78, 5) is 14.9. The molecule has 1 amide bonds. The summed E-state index contributed by atoms with van der Waals surface area (Å²) in [6.45, 7) is 5.64. The number of amides is 1. The zero-order valence-corrected chi connectivity index (χ0v) is 64.2. The lowest BCUT2D eigenvalue weighted by Crippen LogP contribution is -2.70. The number of hydrogen-bond donors (Lipinski definition) is 1. The molecule has 15 atom stereocenters. The molecule has 0 bridgehead atoms. The van der Waals surface area contributed by atoms with Crippen LogP contribution in [0, 0.1) is 0 Å². The van der Waals surface area contributed by atoms with Gasteiger partial charge in [-0.3, -0.25) is 4.79 Å². The molecule has 0 unspecified atom stereocenters. The maximum atomic E-state index is 14.9. The molecule has 586 valence electrons. The van der Waals surface area contributed by atoms with E-state index in [0.717, 1.165) is 83.0 Å². The quantitative estimate of drug-likeness (QED) is 0.0282. The van der Waals surface area contributed by atoms with Gasteiger partial charge in [-0.05, 0) is 63.1 Å². The van der Waals surface area contributed by atoms with Gasteiger partial charge in [0.25, 0.3) is 0 Å². The summed E-state index contributed by atoms with van der Waals surface area (Å²) in [6.07, 6.45) is -9.17. The van der Waals surface area contributed by atoms with E-state index in [-0.39, 0.29) is 83.6 Å². The van der Waals surface area contributed by atoms with Crippen molar-refractivity contribution in [2.75, 3.05) is 26.4 Å². The third kappa shape index (κ3) is 25.8. The highest BCUT2D eigenvalue weighted by molar-refractivity contribution is 7.79. The van der Waals surface area contributed by atoms with Gasteiger partial charge in [-0.1, -0.05) is 307 Å². The van der Waals surface area contributed by atoms with Crippen LogP contribution in [0.25, 0.3) is 0 Å². The summed E-state index contributed by atoms with van der Waals surface area (Å²) in [5.41, 5.74) is 7.30. The van der Waals surface area contributed by atoms with Crippen molar-refractivity contribution in [3.8, 4) is 5.75 Å². The van der Waals surface area contributed by atoms with Crippen LogP contribution in [0.1, 0.15) is 103 Å². The summed E-state index contributed by atoms with van der Waals surface area (Å²) < 4.78 is 115. The largest absolute Gasteiger partial charge is 0.445 e. The zero-order valence-electron chi connectivity index (χ0n) is 63.4. The van der Waals surface area contributed by atoms with E-state index in [0.29, 0.717) is 19.0 Å². The van der Waals surface area contributed by atoms with Crippen molar-refractivity contribution in [3.63, 3.8) is 0 Å². The minimum absolute atomic E-state index is 0.00394. The molecule has 3 fully saturated rings. The normalized spacial score (nSPS) is 23.8. The number of para-hydroxylation sites is 1. The van der Waals surface area contributed by atoms with E-state index in [1.807, 2.05) is 261 Å². The molecule has 3 aliphatic rings. The van der Waals surface area contributed by atoms with Gasteiger partial charge < -0.3 is 81.1 Å². The summed E-state index contributed by atoms with van der Waals surface area (Å²) >= 11 is 6.12. The van der Waals surface area contributed by atoms with Crippen LogP contribution in [0.4, 0.5) is 0 Å². The van der Waals surface area contributed by atoms with Crippen molar-refractivity contribution in [2.45, 2.75) is 204 Å². The average Bonchev–Trinajstić information content (AvgIpc) is 0.763. The van der Waals surface area contributed by atoms with Crippen molar-refractivity contribution < 1.29 is 80.6 Å². The Hall–Kier alpha value is -8.42. The third-order valence-corrected chi connectivity index (χ3v) is 19.8. The van der Waals surface area contributed by atoms with Crippen LogP contribution in [0.2, 0.25) is 0 Å². The Labute approximate surface area is 659 Å². The van der Waals surface area contributed by atoms with Crippen LogP contribution in [-0.4, -0.2) is 130 Å². The first-order valence-electron chi connectivity index (χ1n) is 39.0. The second-order valence-electron chi connectivity index (χ2n) is 28.0. The number of benzene rings is 9. The fraction of sp³-hybridized carbons (Fsp3) is 0.391. The number of thiocarbonyl (C=S) groups is 1. The maximum absolute atomic E-state index is 14.9. The molecule has 0 aromatic heterocycles. The maximum Gasteiger partial charge on any atom is 0.358 e. The summed E-state index contributed by atoms with van der Waals surface area (Å²) in [7, 11) is 0. The fourth-order valence-electron chi connectivity index (χ4n) is 13.8. The number of rotatable bonds is 43. The molecule has 9 aromatic rings. The minimum Gasteiger partial charge on any atom is -0.445 e. The monoisotopic (exact) mass is 1530 g/mol. The number of carbonyl (C=O) groups excluding carboxylic acids is 1. The third-order valence-electron chi connectivity index (χ3n) is 19.6. The number of carbonyl (C=O) groups is 1. The van der Waals surface area contributed by atoms with E-state index < -0.39 is 92.1 Å². The number of unbranched alkanes of at least 4 members (excludes halogenated alkanes) is 5. The number of nitrogens with one attached hydrogen (secondary N) is 1. The molecule has 18 nitrogen and oxygen atoms in total. The lowest BCUT2D eigenvalue weighted by atomic mass is 9.93. The first-order valence-corrected chi connectivity index (χ1v) is 39.5. The van der Waals surface area contributed by atoms with Crippen LogP contribution in [0.15, 0.2) is 273 Å². The molecule has 3 saturated heterocycles. The Bertz CT molecular complexity index is 4020. The molecule has 12 rings (SSSR count). The van der Waals surface area contributed by atoms with E-state index in [1.165, 1.54) is 0 Å². The van der Waals surface area contributed by atoms with Gasteiger partial charge in [0.1, 0.15) is 72.8 Å². The molecular weight excluding hydrogens is 1420 g/mol. The van der Waals surface area contributed by atoms with Gasteiger partial charge >= 0.3 is 5.24 Å². The Morgan fingerprint density at radius 3 is 1.06 bits per heavy atom. The Kier molecular flexibility index (Phi) is 33.5. The van der Waals surface area contributed by atoms with Crippen molar-refractivity contribution in [1.82, 2.24) is 5.32 Å². The van der Waals surface area contributed by atoms with Crippen molar-refractivity contribution in [2.24, 2.45) is 0 Å². The molecule has 3 aliphatic heterocycles. The smallest absolute Gasteiger partial charge is 0.358 e. The molecule has 9 aromatic carbocycles. The molecule has 19 heteroatoms. The van der Waals surface area contributed by atoms with Crippen LogP contribution < -0.4 is 10.1 Å². The second kappa shape index (κ2) is 45.3. The van der Waals surface area contributed by atoms with Gasteiger partial charge in [0, 0.05) is 25.2 Å². The highest BCUT2D eigenvalue weighted by Crippen LogP contribution is 2.39. The topological polar surface area (TPSA) is 177 Å². The molecule has 3 heterocycles. The second-order valence-corrected chi connectivity index (χ2v) is 28.3. The summed E-state index contributed by atoms with van der Waals surface area (Å²) in [6, 6.07) is 87.2. The predicted octanol–water partition coefficient (Wildman–Crippen LogP) is 16.5. The van der Waals surface area contributed by atoms with E-state index in [9.17, 15) is 4.79 Å². The first-order chi connectivity index (χ1) is 54.8. The van der Waals surface area contributed by atoms with Crippen LogP contribution in [0.5, 0.6) is 5.75 Å². The fourth-order valence-corrected chi connectivity index (χ4v) is 14.0. The van der Waals surface area contributed by atoms with Crippen molar-refractivity contribution in [1.29, 1.82) is 0 Å². The van der Waals surface area contributed by atoms with Crippen LogP contribution in [-0.2, 0) is 129 Å². The number of hydrogen-bond acceptors (Lipinski definition) is 18. The first kappa shape index (κ1) is 82.0. The lowest BCUT2D eigenvalue weighted by molar-refractivity contribution is -0.382. The van der Waals surface area contributed by atoms with Gasteiger partial charge in [0.05, 0.1) is 72.7 Å². The molecule has 1 N–H and O–H groups in total. The molecule has 0 saturated carbocycles. The SMILES string of the molecule is CCCCCCCCO[C@H]1O[C@H](COCc2ccccc2)[C@@H](OCc2ccccc2)[C@H](OCc2ccccc2)[C@@H]1O[C@@H]1O[C@H](COCc2ccccc2)[C@@H](O[C@@H]2O[C@H](COCc3ccccc3)[C@H](OCc3ccccc3)[C@H](OCc3ccccc3)[C@H]2OC(=S)Oc2ccccc2)[C@H](OCc2ccccc2)[C@H]1NC(=O)CC. The van der Waals surface area contributed by atoms with Gasteiger partial charge in [0.15, 0.2) is 25.0 Å². The molecule has 0 spiro atoms. The standard InChI is InChI=1S/C92H105NO17S/c1-3-5-6-7-8-36-55-98-90-87(85(102-62-73-49-30-15-31-50-73)81(99-59-70-43-24-12-25-44-70)76(106-90)64-95-56-67-37-18-9-19-38-67)109-89-80(93-79(94)4-2)84(101-61-72-47-28-14-29-48-72)83(78(105-89)66-97-58-69-41-22-11-23-42-69)108-91-88(110-92(111)104-75-53-34-17-35-54-75)86(103-63-74-51-32-16-33-52-74)82(100-60-71-45-26-13-27-46-71)77(107-91)65-96-57-68-39-20-10-21-40-68/h9-35,37-54,76-78,80-91H,3-8,36,55-66H2,1-2H3,(H,93,94)/t76-,77-,78-,80-,81-,82+,83-,84-,85+,86+,87+,88-,89+,90+,91+/m1/s1. The highest BCUT2D eigenvalue weighted by Gasteiger charge is 2.58. The van der Waals surface area contributed by atoms with Crippen molar-refractivity contribution in [3.05, 3.63) is 317 Å². The molecule has 111 heavy (non-hydrogen) atoms. The van der Waals surface area contributed by atoms with Crippen molar-refractivity contribution >= 4 is 23.4 Å². The van der Waals surface area contributed by atoms with E-state index >= 15 is 0 Å². The average molecular weight is 1530 g/mol. The Morgan fingerprint density at radius 1 is 0.333 bits per heavy atom. The summed E-state index contributed by atoms with van der Waals surface area (Å²) in [5.74, 6) is 0.0955. The number of ether oxygens (including phenoxy) is 16. The predicted molar refractivity (Wildman–Crippen MR) is 425 cm³/mol. The zero-order chi connectivity index (χ0) is 76.3. The van der Waals surface area contributed by atoms with Gasteiger partial charge in [-0.25, -0.2) is 0 Å². The Balaban J connectivity index is 0.980. The van der Waals surface area contributed by atoms with E-state index in [2.05, 4.69) is 12.2 Å². The van der Waals surface area contributed by atoms with Gasteiger partial charge in [-0.2, -0.15) is 0 Å². The minimum atomic E-state index is -1.44. The van der Waals surface area contributed by atoms with E-state index in [1.54, 1.807) is 19.1 Å². The lowest BCUT2D eigenvalue weighted by Gasteiger charge is -2.52. The van der Waals surface area contributed by atoms with Gasteiger partial charge in [-0.15, -0.1) is 0 Å². The molecule has 0 aliphatic carbocycles. The molecule has 0 radical (unpaired) electrons. The highest BCUT2D eigenvalue weighted by atomic mass is 32.1. The van der Waals surface area contributed by atoms with Gasteiger partial charge in [0.2, 0.25) is 5.91 Å². The Morgan fingerprint density at radius 2 is 0.658 bits per heavy atom. The van der Waals surface area contributed by atoms with Crippen LogP contribution >= 0.6 is 12.2 Å². The summed E-state index contributed by atoms with van der Waals surface area (Å²) in [5, 5.41) is 3.11. The van der Waals surface area contributed by atoms with E-state index in [4.69, 9.17) is 88.0 Å².